The van der Waals surface area contributed by atoms with Crippen LogP contribution in [0.1, 0.15) is 23.7 Å². The number of aliphatic hydroxyl groups excluding tert-OH is 1. The predicted molar refractivity (Wildman–Crippen MR) is 111 cm³/mol. The Morgan fingerprint density at radius 1 is 1.34 bits per heavy atom. The number of aryl methyl sites for hydroxylation is 1. The van der Waals surface area contributed by atoms with Gasteiger partial charge in [0.1, 0.15) is 0 Å². The number of aliphatic hydroxyl groups is 1. The van der Waals surface area contributed by atoms with Crippen molar-refractivity contribution in [2.24, 2.45) is 7.05 Å². The summed E-state index contributed by atoms with van der Waals surface area (Å²) in [6, 6.07) is 8.08. The molecule has 3 aromatic rings. The number of benzene rings is 1. The molecule has 0 unspecified atom stereocenters. The van der Waals surface area contributed by atoms with Crippen LogP contribution in [0.3, 0.4) is 0 Å². The van der Waals surface area contributed by atoms with E-state index in [1.165, 1.54) is 5.39 Å². The first kappa shape index (κ1) is 19.2. The van der Waals surface area contributed by atoms with Crippen molar-refractivity contribution in [2.75, 3.05) is 18.5 Å². The fraction of sp³-hybridized carbons (Fsp3) is 0.381. The molecule has 152 valence electrons. The highest BCUT2D eigenvalue weighted by atomic mass is 16.3. The average molecular weight is 394 g/mol. The van der Waals surface area contributed by atoms with E-state index in [1.807, 2.05) is 26.2 Å². The molecule has 4 rings (SSSR count). The van der Waals surface area contributed by atoms with Crippen LogP contribution in [0.2, 0.25) is 0 Å². The van der Waals surface area contributed by atoms with Gasteiger partial charge in [-0.3, -0.25) is 0 Å². The van der Waals surface area contributed by atoms with Gasteiger partial charge in [-0.15, -0.1) is 0 Å². The predicted octanol–water partition coefficient (Wildman–Crippen LogP) is 2.03. The Balaban J connectivity index is 1.39. The maximum atomic E-state index is 12.7. The van der Waals surface area contributed by atoms with E-state index in [4.69, 9.17) is 0 Å². The zero-order valence-corrected chi connectivity index (χ0v) is 16.7. The number of hydrogen-bond donors (Lipinski definition) is 3. The number of aromatic nitrogens is 3. The summed E-state index contributed by atoms with van der Waals surface area (Å²) in [5.74, 6) is 0.475. The van der Waals surface area contributed by atoms with Crippen molar-refractivity contribution in [1.82, 2.24) is 24.8 Å². The molecule has 8 heteroatoms. The molecule has 2 amide bonds. The molecule has 0 saturated carbocycles. The Bertz CT molecular complexity index is 1030. The van der Waals surface area contributed by atoms with Crippen molar-refractivity contribution >= 4 is 22.9 Å². The van der Waals surface area contributed by atoms with Crippen LogP contribution in [0.25, 0.3) is 10.9 Å². The first-order chi connectivity index (χ1) is 14.0. The summed E-state index contributed by atoms with van der Waals surface area (Å²) in [5, 5.41) is 16.4. The molecular weight excluding hydrogens is 368 g/mol. The van der Waals surface area contributed by atoms with Gasteiger partial charge in [-0.05, 0) is 42.0 Å². The van der Waals surface area contributed by atoms with Crippen molar-refractivity contribution in [2.45, 2.75) is 32.5 Å². The molecule has 29 heavy (non-hydrogen) atoms. The maximum Gasteiger partial charge on any atom is 0.318 e. The minimum atomic E-state index is -0.127. The quantitative estimate of drug-likeness (QED) is 0.615. The van der Waals surface area contributed by atoms with E-state index in [1.54, 1.807) is 11.1 Å². The topological polar surface area (TPSA) is 95.3 Å². The number of nitrogens with zero attached hydrogens (tertiary/aromatic N) is 4. The third-order valence-corrected chi connectivity index (χ3v) is 5.28. The van der Waals surface area contributed by atoms with E-state index in [9.17, 15) is 9.90 Å². The summed E-state index contributed by atoms with van der Waals surface area (Å²) in [5.41, 5.74) is 4.12. The minimum Gasteiger partial charge on any atom is -0.394 e. The van der Waals surface area contributed by atoms with Crippen LogP contribution in [-0.4, -0.2) is 49.8 Å². The van der Waals surface area contributed by atoms with E-state index in [0.717, 1.165) is 28.8 Å². The van der Waals surface area contributed by atoms with Gasteiger partial charge in [0.05, 0.1) is 18.8 Å². The molecule has 3 heterocycles. The van der Waals surface area contributed by atoms with Gasteiger partial charge in [0.2, 0.25) is 5.95 Å². The van der Waals surface area contributed by atoms with Crippen molar-refractivity contribution < 1.29 is 9.90 Å². The molecule has 8 nitrogen and oxygen atoms in total. The smallest absolute Gasteiger partial charge is 0.318 e. The second-order valence-corrected chi connectivity index (χ2v) is 7.54. The van der Waals surface area contributed by atoms with E-state index in [2.05, 4.69) is 43.4 Å². The van der Waals surface area contributed by atoms with E-state index in [-0.39, 0.29) is 18.7 Å². The standard InChI is InChI=1S/C21H26N6O2/c1-14(13-28)24-20-22-11-17-6-8-27(12-18(17)25-20)21(29)23-10-15-3-4-16-5-7-26(2)19(16)9-15/h3-5,7,9,11,14,28H,6,8,10,12-13H2,1-2H3,(H,23,29)(H,22,24,25)/t14-/m0/s1. The molecular formula is C21H26N6O2. The largest absolute Gasteiger partial charge is 0.394 e. The number of hydrogen-bond acceptors (Lipinski definition) is 5. The van der Waals surface area contributed by atoms with Crippen molar-refractivity contribution in [3.8, 4) is 0 Å². The van der Waals surface area contributed by atoms with Crippen LogP contribution in [0.4, 0.5) is 10.7 Å². The lowest BCUT2D eigenvalue weighted by Crippen LogP contribution is -2.42. The third kappa shape index (κ3) is 4.17. The summed E-state index contributed by atoms with van der Waals surface area (Å²) >= 11 is 0. The van der Waals surface area contributed by atoms with Gasteiger partial charge in [0.25, 0.3) is 0 Å². The number of rotatable bonds is 5. The second-order valence-electron chi connectivity index (χ2n) is 7.54. The lowest BCUT2D eigenvalue weighted by atomic mass is 10.1. The Morgan fingerprint density at radius 2 is 2.21 bits per heavy atom. The lowest BCUT2D eigenvalue weighted by molar-refractivity contribution is 0.191. The van der Waals surface area contributed by atoms with Crippen LogP contribution in [0.5, 0.6) is 0 Å². The Kier molecular flexibility index (Phi) is 5.35. The second kappa shape index (κ2) is 8.08. The number of fused-ring (bicyclic) bond motifs is 2. The highest BCUT2D eigenvalue weighted by Gasteiger charge is 2.22. The number of nitrogens with one attached hydrogen (secondary N) is 2. The Labute approximate surface area is 169 Å². The van der Waals surface area contributed by atoms with Gasteiger partial charge in [0.15, 0.2) is 0 Å². The van der Waals surface area contributed by atoms with Gasteiger partial charge in [-0.25, -0.2) is 14.8 Å². The third-order valence-electron chi connectivity index (χ3n) is 5.28. The molecule has 0 radical (unpaired) electrons. The first-order valence-electron chi connectivity index (χ1n) is 9.82. The molecule has 0 aliphatic carbocycles. The molecule has 0 spiro atoms. The van der Waals surface area contributed by atoms with Crippen molar-refractivity contribution in [1.29, 1.82) is 0 Å². The summed E-state index contributed by atoms with van der Waals surface area (Å²) in [4.78, 5) is 23.3. The van der Waals surface area contributed by atoms with Crippen LogP contribution >= 0.6 is 0 Å². The summed E-state index contributed by atoms with van der Waals surface area (Å²) in [6.45, 7) is 3.42. The number of carbonyl (C=O) groups excluding carboxylic acids is 1. The number of amides is 2. The van der Waals surface area contributed by atoms with Crippen LogP contribution in [0, 0.1) is 0 Å². The Morgan fingerprint density at radius 3 is 3.03 bits per heavy atom. The summed E-state index contributed by atoms with van der Waals surface area (Å²) in [6.07, 6.45) is 4.57. The van der Waals surface area contributed by atoms with Gasteiger partial charge in [-0.1, -0.05) is 12.1 Å². The SMILES string of the molecule is C[C@@H](CO)Nc1ncc2c(n1)CN(C(=O)NCc1ccc3ccn(C)c3c1)CC2. The lowest BCUT2D eigenvalue weighted by Gasteiger charge is -2.28. The molecule has 0 bridgehead atoms. The van der Waals surface area contributed by atoms with E-state index >= 15 is 0 Å². The average Bonchev–Trinajstić information content (AvgIpc) is 3.11. The van der Waals surface area contributed by atoms with Gasteiger partial charge >= 0.3 is 6.03 Å². The zero-order chi connectivity index (χ0) is 20.4. The number of urea groups is 1. The van der Waals surface area contributed by atoms with Gasteiger partial charge < -0.3 is 25.2 Å². The molecule has 0 fully saturated rings. The van der Waals surface area contributed by atoms with Crippen molar-refractivity contribution in [3.63, 3.8) is 0 Å². The zero-order valence-electron chi connectivity index (χ0n) is 16.7. The normalized spacial score (nSPS) is 14.5. The maximum absolute atomic E-state index is 12.7. The number of anilines is 1. The summed E-state index contributed by atoms with van der Waals surface area (Å²) < 4.78 is 2.07. The number of carbonyl (C=O) groups is 1. The molecule has 1 atom stereocenters. The van der Waals surface area contributed by atoms with Crippen LogP contribution in [0.15, 0.2) is 36.7 Å². The fourth-order valence-electron chi connectivity index (χ4n) is 3.52. The monoisotopic (exact) mass is 394 g/mol. The molecule has 3 N–H and O–H groups in total. The molecule has 1 aromatic carbocycles. The van der Waals surface area contributed by atoms with Crippen molar-refractivity contribution in [3.05, 3.63) is 53.5 Å². The molecule has 1 aliphatic rings. The Hall–Kier alpha value is -3.13. The molecule has 0 saturated heterocycles. The summed E-state index contributed by atoms with van der Waals surface area (Å²) in [7, 11) is 2.02. The highest BCUT2D eigenvalue weighted by Crippen LogP contribution is 2.19. The van der Waals surface area contributed by atoms with Gasteiger partial charge in [-0.2, -0.15) is 0 Å². The first-order valence-corrected chi connectivity index (χ1v) is 9.82. The van der Waals surface area contributed by atoms with Gasteiger partial charge in [0, 0.05) is 44.1 Å². The van der Waals surface area contributed by atoms with E-state index < -0.39 is 0 Å². The molecule has 1 aliphatic heterocycles. The minimum absolute atomic E-state index is 0.00350. The van der Waals surface area contributed by atoms with Crippen LogP contribution < -0.4 is 10.6 Å². The highest BCUT2D eigenvalue weighted by molar-refractivity contribution is 5.81. The molecule has 2 aromatic heterocycles. The van der Waals surface area contributed by atoms with E-state index in [0.29, 0.717) is 25.6 Å². The fourth-order valence-corrected chi connectivity index (χ4v) is 3.52. The van der Waals surface area contributed by atoms with Crippen LogP contribution in [-0.2, 0) is 26.6 Å².